The molecule has 3 aliphatic heterocycles. The Balaban J connectivity index is 0.000000314. The van der Waals surface area contributed by atoms with Crippen molar-refractivity contribution in [3.63, 3.8) is 0 Å². The van der Waals surface area contributed by atoms with Gasteiger partial charge in [-0.05, 0) is 17.8 Å². The van der Waals surface area contributed by atoms with Crippen LogP contribution in [0.15, 0.2) is 0 Å². The van der Waals surface area contributed by atoms with E-state index in [9.17, 15) is 0 Å². The van der Waals surface area contributed by atoms with E-state index in [-0.39, 0.29) is 0 Å². The molecule has 0 aliphatic carbocycles. The summed E-state index contributed by atoms with van der Waals surface area (Å²) in [5, 5.41) is 12.7. The first-order chi connectivity index (χ1) is 11.9. The molecular weight excluding hydrogens is 594 g/mol. The van der Waals surface area contributed by atoms with Crippen LogP contribution in [0.4, 0.5) is 0 Å². The number of hydrogen-bond donors (Lipinski definition) is 0. The summed E-state index contributed by atoms with van der Waals surface area (Å²) in [6.07, 6.45) is 7.92. The van der Waals surface area contributed by atoms with Crippen LogP contribution in [0.2, 0.25) is 0 Å². The zero-order valence-electron chi connectivity index (χ0n) is 16.1. The van der Waals surface area contributed by atoms with Gasteiger partial charge in [0.1, 0.15) is 0 Å². The number of nitrogens with zero attached hydrogens (tertiary/aromatic N) is 3. The van der Waals surface area contributed by atoms with Gasteiger partial charge < -0.3 is 16.0 Å². The van der Waals surface area contributed by atoms with Crippen LogP contribution in [-0.4, -0.2) is 39.3 Å². The van der Waals surface area contributed by atoms with E-state index in [1.54, 1.807) is 0 Å². The van der Waals surface area contributed by atoms with Crippen molar-refractivity contribution in [3.05, 3.63) is 16.0 Å². The molecule has 0 atom stereocenters. The molecule has 0 aromatic carbocycles. The van der Waals surface area contributed by atoms with Crippen molar-refractivity contribution >= 4 is 39.9 Å². The fourth-order valence-corrected chi connectivity index (χ4v) is 2.64. The van der Waals surface area contributed by atoms with Crippen molar-refractivity contribution in [1.29, 1.82) is 0 Å². The first kappa shape index (κ1) is 27.0. The maximum absolute atomic E-state index is 4.23. The molecule has 3 rings (SSSR count). The predicted octanol–water partition coefficient (Wildman–Crippen LogP) is 7.90. The normalized spacial score (nSPS) is 22.7. The number of piperidine rings is 3. The van der Waals surface area contributed by atoms with Crippen molar-refractivity contribution in [2.45, 2.75) is 59.3 Å². The van der Waals surface area contributed by atoms with Gasteiger partial charge in [0.05, 0.1) is 0 Å². The second-order valence-corrected chi connectivity index (χ2v) is 35.0. The van der Waals surface area contributed by atoms with Gasteiger partial charge in [-0.15, -0.1) is 39.3 Å². The van der Waals surface area contributed by atoms with E-state index < -0.39 is 11.1 Å². The van der Waals surface area contributed by atoms with Crippen molar-refractivity contribution in [2.24, 2.45) is 17.8 Å². The Morgan fingerprint density at radius 1 is 0.520 bits per heavy atom. The van der Waals surface area contributed by atoms with Gasteiger partial charge in [0.25, 0.3) is 0 Å². The van der Waals surface area contributed by atoms with Gasteiger partial charge in [0, 0.05) is 0 Å². The van der Waals surface area contributed by atoms with Gasteiger partial charge in [-0.25, -0.2) is 0 Å². The van der Waals surface area contributed by atoms with Crippen LogP contribution < -0.4 is 0 Å². The molecular formula is C18H36Br3MoN3-3. The molecule has 0 spiro atoms. The third-order valence-corrected chi connectivity index (χ3v) is 4.68. The van der Waals surface area contributed by atoms with Crippen LogP contribution in [0.25, 0.3) is 16.0 Å². The van der Waals surface area contributed by atoms with Crippen LogP contribution in [0.1, 0.15) is 59.3 Å². The summed E-state index contributed by atoms with van der Waals surface area (Å²) in [5.41, 5.74) is 0. The van der Waals surface area contributed by atoms with E-state index in [1.807, 2.05) is 0 Å². The summed E-state index contributed by atoms with van der Waals surface area (Å²) < 4.78 is 0. The van der Waals surface area contributed by atoms with E-state index in [2.05, 4.69) is 76.6 Å². The third-order valence-electron chi connectivity index (χ3n) is 4.68. The minimum atomic E-state index is -0.919. The topological polar surface area (TPSA) is 42.3 Å². The second kappa shape index (κ2) is 19.3. The van der Waals surface area contributed by atoms with E-state index in [1.165, 1.54) is 38.5 Å². The van der Waals surface area contributed by atoms with Crippen LogP contribution >= 0.6 is 39.9 Å². The third kappa shape index (κ3) is 22.2. The molecule has 0 radical (unpaired) electrons. The summed E-state index contributed by atoms with van der Waals surface area (Å²) in [7, 11) is 0. The van der Waals surface area contributed by atoms with Gasteiger partial charge in [0.15, 0.2) is 0 Å². The Hall–Kier alpha value is 2.01. The second-order valence-electron chi connectivity index (χ2n) is 7.23. The van der Waals surface area contributed by atoms with Crippen LogP contribution in [0, 0.1) is 17.8 Å². The van der Waals surface area contributed by atoms with Gasteiger partial charge in [-0.2, -0.15) is 0 Å². The Labute approximate surface area is 182 Å². The molecule has 3 fully saturated rings. The Morgan fingerprint density at radius 3 is 0.760 bits per heavy atom. The fourth-order valence-electron chi connectivity index (χ4n) is 2.64. The first-order valence-electron chi connectivity index (χ1n) is 9.54. The summed E-state index contributed by atoms with van der Waals surface area (Å²) in [6.45, 7) is 13.6. The van der Waals surface area contributed by atoms with Gasteiger partial charge in [-0.1, -0.05) is 59.3 Å². The Morgan fingerprint density at radius 2 is 0.680 bits per heavy atom. The first-order valence-corrected chi connectivity index (χ1v) is 23.3. The van der Waals surface area contributed by atoms with E-state index in [0.29, 0.717) is 0 Å². The summed E-state index contributed by atoms with van der Waals surface area (Å²) in [4.78, 5) is 0. The predicted molar refractivity (Wildman–Crippen MR) is 121 cm³/mol. The molecule has 3 saturated heterocycles. The van der Waals surface area contributed by atoms with Crippen LogP contribution in [0.5, 0.6) is 0 Å². The van der Waals surface area contributed by atoms with E-state index in [4.69, 9.17) is 0 Å². The molecule has 7 heteroatoms. The number of rotatable bonds is 0. The molecule has 3 nitrogen and oxygen atoms in total. The summed E-state index contributed by atoms with van der Waals surface area (Å²) in [5.74, 6) is 2.83. The Kier molecular flexibility index (Phi) is 20.9. The molecule has 0 N–H and O–H groups in total. The van der Waals surface area contributed by atoms with Crippen molar-refractivity contribution in [3.8, 4) is 0 Å². The van der Waals surface area contributed by atoms with Crippen LogP contribution in [0.3, 0.4) is 0 Å². The van der Waals surface area contributed by atoms with Crippen LogP contribution in [-0.2, 0) is 11.1 Å². The van der Waals surface area contributed by atoms with Gasteiger partial charge in [0.2, 0.25) is 0 Å². The molecule has 3 aliphatic rings. The zero-order valence-corrected chi connectivity index (χ0v) is 22.9. The number of halogens is 3. The van der Waals surface area contributed by atoms with Crippen molar-refractivity contribution in [1.82, 2.24) is 0 Å². The monoisotopic (exact) mass is 629 g/mol. The molecule has 3 heterocycles. The van der Waals surface area contributed by atoms with Crippen molar-refractivity contribution < 1.29 is 11.1 Å². The van der Waals surface area contributed by atoms with Gasteiger partial charge >= 0.3 is 51.0 Å². The molecule has 153 valence electrons. The average molecular weight is 630 g/mol. The van der Waals surface area contributed by atoms with E-state index in [0.717, 1.165) is 57.0 Å². The zero-order chi connectivity index (χ0) is 18.9. The SMILES string of the molecule is CC1CC[N-]CC1.CC1CC[N-]CC1.CC1CC[N-]CC1.[Br][Mo]([Br])[Br]. The Bertz CT molecular complexity index is 227. The van der Waals surface area contributed by atoms with Gasteiger partial charge in [-0.3, -0.25) is 0 Å². The fraction of sp³-hybridized carbons (Fsp3) is 1.00. The summed E-state index contributed by atoms with van der Waals surface area (Å²) in [6, 6.07) is 0. The molecule has 0 unspecified atom stereocenters. The molecule has 0 bridgehead atoms. The quantitative estimate of drug-likeness (QED) is 0.245. The molecule has 0 aromatic heterocycles. The average Bonchev–Trinajstić information content (AvgIpc) is 2.58. The standard InChI is InChI=1S/3C6H12N.3BrH.Mo/c3*1-6-2-4-7-5-3-6;;;;/h3*6H,2-5H2,1H3;3*1H;/q3*-1;;;;+3/p-3. The summed E-state index contributed by atoms with van der Waals surface area (Å²) >= 11 is 8.90. The van der Waals surface area contributed by atoms with Crippen molar-refractivity contribution in [2.75, 3.05) is 39.3 Å². The molecule has 0 saturated carbocycles. The van der Waals surface area contributed by atoms with E-state index >= 15 is 0 Å². The number of hydrogen-bond acceptors (Lipinski definition) is 0. The molecule has 0 amide bonds. The molecule has 0 aromatic rings. The maximum atomic E-state index is 4.23. The minimum absolute atomic E-state index is 0.919. The molecule has 25 heavy (non-hydrogen) atoms.